The standard InChI is InChI=1S/C27H22N4O2S/c1-18-8-12-21(13-9-18)28-26-24(34-27(32)29-26)16-20-17-31(22-6-4-3-5-7-22)30-25(20)19-10-14-23(33-2)15-11-19/h3-17H,1-2H3,(H,28,29,32)/b24-16-. The highest BCUT2D eigenvalue weighted by atomic mass is 32.2. The summed E-state index contributed by atoms with van der Waals surface area (Å²) in [7, 11) is 1.64. The summed E-state index contributed by atoms with van der Waals surface area (Å²) >= 11 is 1.13. The molecule has 0 saturated carbocycles. The van der Waals surface area contributed by atoms with Gasteiger partial charge in [0.05, 0.1) is 29.1 Å². The number of hydrogen-bond donors (Lipinski definition) is 1. The van der Waals surface area contributed by atoms with E-state index in [0.717, 1.165) is 56.2 Å². The van der Waals surface area contributed by atoms with Gasteiger partial charge in [-0.05, 0) is 73.3 Å². The van der Waals surface area contributed by atoms with Crippen LogP contribution in [-0.4, -0.2) is 28.0 Å². The number of amidine groups is 1. The van der Waals surface area contributed by atoms with Crippen molar-refractivity contribution >= 4 is 34.6 Å². The van der Waals surface area contributed by atoms with Crippen LogP contribution in [0.5, 0.6) is 5.75 Å². The molecule has 3 aromatic carbocycles. The summed E-state index contributed by atoms with van der Waals surface area (Å²) in [5.41, 5.74) is 5.51. The SMILES string of the molecule is COc1ccc(-c2nn(-c3ccccc3)cc2/C=C2\SC(=O)NC2=Nc2ccc(C)cc2)cc1. The molecule has 168 valence electrons. The molecule has 1 aliphatic rings. The molecule has 4 aromatic rings. The van der Waals surface area contributed by atoms with Gasteiger partial charge in [-0.1, -0.05) is 35.9 Å². The van der Waals surface area contributed by atoms with E-state index in [0.29, 0.717) is 5.84 Å². The number of rotatable bonds is 5. The second-order valence-electron chi connectivity index (χ2n) is 7.76. The first kappa shape index (κ1) is 21.7. The van der Waals surface area contributed by atoms with Crippen molar-refractivity contribution in [3.8, 4) is 22.7 Å². The van der Waals surface area contributed by atoms with E-state index < -0.39 is 0 Å². The molecule has 5 rings (SSSR count). The lowest BCUT2D eigenvalue weighted by atomic mass is 10.1. The largest absolute Gasteiger partial charge is 0.497 e. The molecular formula is C27H22N4O2S. The fourth-order valence-electron chi connectivity index (χ4n) is 3.58. The molecule has 1 aromatic heterocycles. The first-order valence-electron chi connectivity index (χ1n) is 10.7. The van der Waals surface area contributed by atoms with E-state index in [-0.39, 0.29) is 5.24 Å². The van der Waals surface area contributed by atoms with Crippen molar-refractivity contribution in [1.29, 1.82) is 0 Å². The molecule has 1 N–H and O–H groups in total. The number of benzene rings is 3. The van der Waals surface area contributed by atoms with Gasteiger partial charge in [0, 0.05) is 17.3 Å². The lowest BCUT2D eigenvalue weighted by molar-refractivity contribution is 0.265. The summed E-state index contributed by atoms with van der Waals surface area (Å²) < 4.78 is 7.15. The summed E-state index contributed by atoms with van der Waals surface area (Å²) in [6, 6.07) is 25.6. The third kappa shape index (κ3) is 4.65. The molecule has 0 aliphatic carbocycles. The van der Waals surface area contributed by atoms with Crippen molar-refractivity contribution < 1.29 is 9.53 Å². The number of nitrogens with one attached hydrogen (secondary N) is 1. The number of carbonyl (C=O) groups excluding carboxylic acids is 1. The van der Waals surface area contributed by atoms with E-state index in [1.54, 1.807) is 7.11 Å². The molecule has 1 fully saturated rings. The number of nitrogens with zero attached hydrogens (tertiary/aromatic N) is 3. The Kier molecular flexibility index (Phi) is 6.01. The Balaban J connectivity index is 1.60. The summed E-state index contributed by atoms with van der Waals surface area (Å²) in [6.07, 6.45) is 3.93. The van der Waals surface area contributed by atoms with E-state index >= 15 is 0 Å². The maximum Gasteiger partial charge on any atom is 0.289 e. The van der Waals surface area contributed by atoms with Gasteiger partial charge in [0.25, 0.3) is 5.24 Å². The minimum Gasteiger partial charge on any atom is -0.497 e. The van der Waals surface area contributed by atoms with Gasteiger partial charge in [0.15, 0.2) is 0 Å². The van der Waals surface area contributed by atoms with Crippen LogP contribution < -0.4 is 10.1 Å². The zero-order valence-corrected chi connectivity index (χ0v) is 19.5. The van der Waals surface area contributed by atoms with Crippen LogP contribution in [0.4, 0.5) is 10.5 Å². The normalized spacial score (nSPS) is 15.6. The molecule has 0 radical (unpaired) electrons. The van der Waals surface area contributed by atoms with E-state index in [9.17, 15) is 4.79 Å². The number of thioether (sulfide) groups is 1. The zero-order valence-electron chi connectivity index (χ0n) is 18.7. The number of hydrogen-bond acceptors (Lipinski definition) is 5. The molecule has 0 bridgehead atoms. The first-order valence-corrected chi connectivity index (χ1v) is 11.6. The highest BCUT2D eigenvalue weighted by Gasteiger charge is 2.25. The number of methoxy groups -OCH3 is 1. The summed E-state index contributed by atoms with van der Waals surface area (Å²) in [5.74, 6) is 1.31. The number of carbonyl (C=O) groups is 1. The monoisotopic (exact) mass is 466 g/mol. The van der Waals surface area contributed by atoms with E-state index in [2.05, 4.69) is 10.3 Å². The fourth-order valence-corrected chi connectivity index (χ4v) is 4.31. The minimum atomic E-state index is -0.154. The van der Waals surface area contributed by atoms with Crippen LogP contribution in [0.15, 0.2) is 95.0 Å². The van der Waals surface area contributed by atoms with Crippen LogP contribution >= 0.6 is 11.8 Å². The van der Waals surface area contributed by atoms with E-state index in [4.69, 9.17) is 9.84 Å². The van der Waals surface area contributed by atoms with Gasteiger partial charge in [-0.3, -0.25) is 4.79 Å². The lowest BCUT2D eigenvalue weighted by Gasteiger charge is -2.03. The summed E-state index contributed by atoms with van der Waals surface area (Å²) in [5, 5.41) is 7.57. The predicted octanol–water partition coefficient (Wildman–Crippen LogP) is 6.38. The van der Waals surface area contributed by atoms with Gasteiger partial charge in [-0.2, -0.15) is 5.10 Å². The number of aryl methyl sites for hydroxylation is 1. The maximum absolute atomic E-state index is 12.2. The smallest absolute Gasteiger partial charge is 0.289 e. The average Bonchev–Trinajstić information content (AvgIpc) is 3.44. The van der Waals surface area contributed by atoms with Crippen molar-refractivity contribution in [2.45, 2.75) is 6.92 Å². The molecular weight excluding hydrogens is 444 g/mol. The summed E-state index contributed by atoms with van der Waals surface area (Å²) in [4.78, 5) is 17.7. The van der Waals surface area contributed by atoms with Crippen molar-refractivity contribution in [3.63, 3.8) is 0 Å². The van der Waals surface area contributed by atoms with Crippen LogP contribution in [0.1, 0.15) is 11.1 Å². The number of ether oxygens (including phenoxy) is 1. The Labute approximate surface area is 202 Å². The molecule has 0 atom stereocenters. The van der Waals surface area contributed by atoms with Gasteiger partial charge in [-0.15, -0.1) is 0 Å². The molecule has 0 spiro atoms. The predicted molar refractivity (Wildman–Crippen MR) is 138 cm³/mol. The number of para-hydroxylation sites is 1. The van der Waals surface area contributed by atoms with Crippen molar-refractivity contribution in [3.05, 3.63) is 101 Å². The van der Waals surface area contributed by atoms with Crippen LogP contribution in [0.2, 0.25) is 0 Å². The Morgan fingerprint density at radius 2 is 1.74 bits per heavy atom. The number of amides is 1. The Morgan fingerprint density at radius 1 is 1.00 bits per heavy atom. The zero-order chi connectivity index (χ0) is 23.5. The quantitative estimate of drug-likeness (QED) is 0.370. The molecule has 1 saturated heterocycles. The van der Waals surface area contributed by atoms with Crippen molar-refractivity contribution in [2.24, 2.45) is 4.99 Å². The molecule has 0 unspecified atom stereocenters. The summed E-state index contributed by atoms with van der Waals surface area (Å²) in [6.45, 7) is 2.03. The highest BCUT2D eigenvalue weighted by Crippen LogP contribution is 2.32. The minimum absolute atomic E-state index is 0.154. The van der Waals surface area contributed by atoms with Crippen LogP contribution in [0, 0.1) is 6.92 Å². The molecule has 1 aliphatic heterocycles. The second-order valence-corrected chi connectivity index (χ2v) is 8.78. The molecule has 6 nitrogen and oxygen atoms in total. The second kappa shape index (κ2) is 9.41. The number of aliphatic imine (C=N–C) groups is 1. The van der Waals surface area contributed by atoms with Crippen molar-refractivity contribution in [2.75, 3.05) is 7.11 Å². The van der Waals surface area contributed by atoms with E-state index in [1.807, 2.05) is 103 Å². The van der Waals surface area contributed by atoms with Crippen LogP contribution in [0.25, 0.3) is 23.0 Å². The van der Waals surface area contributed by atoms with Gasteiger partial charge >= 0.3 is 0 Å². The van der Waals surface area contributed by atoms with E-state index in [1.165, 1.54) is 0 Å². The first-order chi connectivity index (χ1) is 16.6. The molecule has 34 heavy (non-hydrogen) atoms. The van der Waals surface area contributed by atoms with Gasteiger partial charge < -0.3 is 10.1 Å². The van der Waals surface area contributed by atoms with Gasteiger partial charge in [0.2, 0.25) is 0 Å². The molecule has 2 heterocycles. The average molecular weight is 467 g/mol. The van der Waals surface area contributed by atoms with Crippen LogP contribution in [0.3, 0.4) is 0 Å². The Hall–Kier alpha value is -4.10. The third-order valence-electron chi connectivity index (χ3n) is 5.34. The van der Waals surface area contributed by atoms with Crippen LogP contribution in [-0.2, 0) is 0 Å². The maximum atomic E-state index is 12.2. The Morgan fingerprint density at radius 3 is 2.44 bits per heavy atom. The molecule has 7 heteroatoms. The Bertz CT molecular complexity index is 1390. The molecule has 1 amide bonds. The fraction of sp³-hybridized carbons (Fsp3) is 0.0741. The third-order valence-corrected chi connectivity index (χ3v) is 6.16. The highest BCUT2D eigenvalue weighted by molar-refractivity contribution is 8.18. The van der Waals surface area contributed by atoms with Crippen molar-refractivity contribution in [1.82, 2.24) is 15.1 Å². The topological polar surface area (TPSA) is 68.5 Å². The van der Waals surface area contributed by atoms with Gasteiger partial charge in [-0.25, -0.2) is 9.67 Å². The lowest BCUT2D eigenvalue weighted by Crippen LogP contribution is -2.18. The van der Waals surface area contributed by atoms with Gasteiger partial charge in [0.1, 0.15) is 11.6 Å². The number of aromatic nitrogens is 2.